The molecule has 1 saturated carbocycles. The van der Waals surface area contributed by atoms with Gasteiger partial charge in [0, 0.05) is 38.5 Å². The molecule has 2 rings (SSSR count). The fourth-order valence-electron chi connectivity index (χ4n) is 3.22. The summed E-state index contributed by atoms with van der Waals surface area (Å²) in [6.45, 7) is 1.56. The highest BCUT2D eigenvalue weighted by atomic mass is 32.2. The van der Waals surface area contributed by atoms with Crippen LogP contribution < -0.4 is 0 Å². The summed E-state index contributed by atoms with van der Waals surface area (Å²) in [4.78, 5) is 27.7. The van der Waals surface area contributed by atoms with E-state index in [1.165, 1.54) is 25.7 Å². The molecule has 2 aliphatic rings. The van der Waals surface area contributed by atoms with Crippen LogP contribution in [-0.2, 0) is 9.59 Å². The molecule has 5 heteroatoms. The Labute approximate surface area is 119 Å². The van der Waals surface area contributed by atoms with E-state index < -0.39 is 0 Å². The topological polar surface area (TPSA) is 40.6 Å². The fourth-order valence-corrected chi connectivity index (χ4v) is 3.69. The summed E-state index contributed by atoms with van der Waals surface area (Å²) in [5.41, 5.74) is 0. The summed E-state index contributed by atoms with van der Waals surface area (Å²) in [5, 5.41) is 0. The maximum atomic E-state index is 12.1. The number of rotatable bonds is 5. The van der Waals surface area contributed by atoms with Gasteiger partial charge in [-0.15, -0.1) is 0 Å². The first-order chi connectivity index (χ1) is 9.11. The third-order valence-corrected chi connectivity index (χ3v) is 4.77. The van der Waals surface area contributed by atoms with Crippen molar-refractivity contribution in [2.75, 3.05) is 32.1 Å². The van der Waals surface area contributed by atoms with Crippen LogP contribution >= 0.6 is 11.8 Å². The predicted octanol–water partition coefficient (Wildman–Crippen LogP) is 1.60. The molecular weight excluding hydrogens is 260 g/mol. The van der Waals surface area contributed by atoms with Gasteiger partial charge in [-0.3, -0.25) is 9.59 Å². The van der Waals surface area contributed by atoms with E-state index in [1.807, 2.05) is 13.3 Å². The first-order valence-electron chi connectivity index (χ1n) is 7.14. The van der Waals surface area contributed by atoms with Crippen LogP contribution in [0.4, 0.5) is 0 Å². The molecular formula is C14H24N2O2S. The second-order valence-electron chi connectivity index (χ2n) is 5.76. The molecule has 2 amide bonds. The summed E-state index contributed by atoms with van der Waals surface area (Å²) >= 11 is 1.55. The monoisotopic (exact) mass is 284 g/mol. The van der Waals surface area contributed by atoms with E-state index in [-0.39, 0.29) is 5.91 Å². The van der Waals surface area contributed by atoms with E-state index in [4.69, 9.17) is 0 Å². The number of thioether (sulfide) groups is 1. The van der Waals surface area contributed by atoms with Crippen LogP contribution in [-0.4, -0.2) is 59.8 Å². The fraction of sp³-hybridized carbons (Fsp3) is 0.857. The van der Waals surface area contributed by atoms with Gasteiger partial charge >= 0.3 is 0 Å². The van der Waals surface area contributed by atoms with Crippen LogP contribution in [0.15, 0.2) is 0 Å². The maximum Gasteiger partial charge on any atom is 0.232 e. The molecule has 2 fully saturated rings. The van der Waals surface area contributed by atoms with Crippen LogP contribution in [0.25, 0.3) is 0 Å². The number of likely N-dealkylation sites (tertiary alicyclic amines) is 1. The van der Waals surface area contributed by atoms with Gasteiger partial charge in [0.1, 0.15) is 0 Å². The normalized spacial score (nSPS) is 24.2. The Morgan fingerprint density at radius 2 is 2.11 bits per heavy atom. The second-order valence-corrected chi connectivity index (χ2v) is 6.63. The molecule has 1 aliphatic heterocycles. The lowest BCUT2D eigenvalue weighted by Gasteiger charge is -2.25. The van der Waals surface area contributed by atoms with E-state index >= 15 is 0 Å². The quantitative estimate of drug-likeness (QED) is 0.770. The molecule has 0 bridgehead atoms. The molecule has 19 heavy (non-hydrogen) atoms. The van der Waals surface area contributed by atoms with Gasteiger partial charge in [0.05, 0.1) is 5.75 Å². The van der Waals surface area contributed by atoms with Crippen LogP contribution in [0.2, 0.25) is 0 Å². The Hall–Kier alpha value is -0.710. The maximum absolute atomic E-state index is 12.1. The number of carbonyl (C=O) groups is 2. The molecule has 4 nitrogen and oxygen atoms in total. The average Bonchev–Trinajstić information content (AvgIpc) is 2.98. The SMILES string of the molecule is CSCC(=O)N(C)CC1CC(=O)N(C2CCCC2)C1. The summed E-state index contributed by atoms with van der Waals surface area (Å²) in [6.07, 6.45) is 7.40. The lowest BCUT2D eigenvalue weighted by atomic mass is 10.1. The minimum Gasteiger partial charge on any atom is -0.345 e. The van der Waals surface area contributed by atoms with Crippen molar-refractivity contribution in [2.24, 2.45) is 5.92 Å². The van der Waals surface area contributed by atoms with E-state index in [1.54, 1.807) is 16.7 Å². The first kappa shape index (κ1) is 14.7. The van der Waals surface area contributed by atoms with Crippen molar-refractivity contribution < 1.29 is 9.59 Å². The summed E-state index contributed by atoms with van der Waals surface area (Å²) in [7, 11) is 1.85. The number of nitrogens with zero attached hydrogens (tertiary/aromatic N) is 2. The molecule has 0 aromatic heterocycles. The van der Waals surface area contributed by atoms with Crippen molar-refractivity contribution in [1.82, 2.24) is 9.80 Å². The highest BCUT2D eigenvalue weighted by molar-refractivity contribution is 7.99. The van der Waals surface area contributed by atoms with Gasteiger partial charge in [-0.2, -0.15) is 11.8 Å². The molecule has 0 aromatic rings. The highest BCUT2D eigenvalue weighted by Gasteiger charge is 2.36. The number of amides is 2. The van der Waals surface area contributed by atoms with Crippen molar-refractivity contribution in [1.29, 1.82) is 0 Å². The summed E-state index contributed by atoms with van der Waals surface area (Å²) < 4.78 is 0. The Morgan fingerprint density at radius 3 is 2.74 bits per heavy atom. The molecule has 108 valence electrons. The van der Waals surface area contributed by atoms with Crippen LogP contribution in [0.5, 0.6) is 0 Å². The summed E-state index contributed by atoms with van der Waals surface area (Å²) in [5.74, 6) is 1.31. The Morgan fingerprint density at radius 1 is 1.42 bits per heavy atom. The Kier molecular flexibility index (Phi) is 5.13. The minimum atomic E-state index is 0.166. The second kappa shape index (κ2) is 6.64. The first-order valence-corrected chi connectivity index (χ1v) is 8.53. The zero-order valence-electron chi connectivity index (χ0n) is 11.9. The largest absolute Gasteiger partial charge is 0.345 e. The standard InChI is InChI=1S/C14H24N2O2S/c1-15(14(18)10-19-2)8-11-7-13(17)16(9-11)12-5-3-4-6-12/h11-12H,3-10H2,1-2H3. The van der Waals surface area contributed by atoms with Crippen molar-refractivity contribution in [3.05, 3.63) is 0 Å². The Balaban J connectivity index is 1.83. The van der Waals surface area contributed by atoms with Gasteiger partial charge in [-0.25, -0.2) is 0 Å². The van der Waals surface area contributed by atoms with Gasteiger partial charge in [0.15, 0.2) is 0 Å². The van der Waals surface area contributed by atoms with Gasteiger partial charge in [0.25, 0.3) is 0 Å². The van der Waals surface area contributed by atoms with Gasteiger partial charge < -0.3 is 9.80 Å². The average molecular weight is 284 g/mol. The minimum absolute atomic E-state index is 0.166. The smallest absolute Gasteiger partial charge is 0.232 e. The van der Waals surface area contributed by atoms with Crippen LogP contribution in [0.3, 0.4) is 0 Å². The molecule has 1 heterocycles. The van der Waals surface area contributed by atoms with Gasteiger partial charge in [-0.05, 0) is 19.1 Å². The summed E-state index contributed by atoms with van der Waals surface area (Å²) in [6, 6.07) is 0.477. The molecule has 1 atom stereocenters. The molecule has 0 radical (unpaired) electrons. The van der Waals surface area contributed by atoms with Crippen molar-refractivity contribution in [3.63, 3.8) is 0 Å². The van der Waals surface area contributed by atoms with Crippen molar-refractivity contribution in [3.8, 4) is 0 Å². The van der Waals surface area contributed by atoms with Crippen LogP contribution in [0, 0.1) is 5.92 Å². The van der Waals surface area contributed by atoms with Crippen molar-refractivity contribution in [2.45, 2.75) is 38.1 Å². The number of carbonyl (C=O) groups excluding carboxylic acids is 2. The van der Waals surface area contributed by atoms with Crippen LogP contribution in [0.1, 0.15) is 32.1 Å². The van der Waals surface area contributed by atoms with E-state index in [2.05, 4.69) is 4.90 Å². The predicted molar refractivity (Wildman–Crippen MR) is 78.1 cm³/mol. The zero-order valence-corrected chi connectivity index (χ0v) is 12.7. The zero-order chi connectivity index (χ0) is 13.8. The Bertz CT molecular complexity index is 342. The molecule has 0 spiro atoms. The molecule has 0 aromatic carbocycles. The van der Waals surface area contributed by atoms with E-state index in [0.29, 0.717) is 36.6 Å². The van der Waals surface area contributed by atoms with E-state index in [0.717, 1.165) is 6.54 Å². The third-order valence-electron chi connectivity index (χ3n) is 4.23. The lowest BCUT2D eigenvalue weighted by Crippen LogP contribution is -2.37. The molecule has 1 saturated heterocycles. The molecule has 1 unspecified atom stereocenters. The number of hydrogen-bond acceptors (Lipinski definition) is 3. The third kappa shape index (κ3) is 3.65. The van der Waals surface area contributed by atoms with E-state index in [9.17, 15) is 9.59 Å². The van der Waals surface area contributed by atoms with Gasteiger partial charge in [-0.1, -0.05) is 12.8 Å². The lowest BCUT2D eigenvalue weighted by molar-refractivity contribution is -0.130. The van der Waals surface area contributed by atoms with Gasteiger partial charge in [0.2, 0.25) is 11.8 Å². The number of hydrogen-bond donors (Lipinski definition) is 0. The molecule has 1 aliphatic carbocycles. The molecule has 0 N–H and O–H groups in total. The highest BCUT2D eigenvalue weighted by Crippen LogP contribution is 2.29. The van der Waals surface area contributed by atoms with Crippen molar-refractivity contribution >= 4 is 23.6 Å².